The Hall–Kier alpha value is -1.17. The Morgan fingerprint density at radius 3 is 3.12 bits per heavy atom. The van der Waals surface area contributed by atoms with Crippen LogP contribution in [0.2, 0.25) is 5.15 Å². The van der Waals surface area contributed by atoms with Crippen LogP contribution in [0.15, 0.2) is 18.3 Å². The van der Waals surface area contributed by atoms with Crippen molar-refractivity contribution in [3.8, 4) is 0 Å². The first-order valence-corrected chi connectivity index (χ1v) is 5.66. The molecular formula is C11H14ClN3O2. The average molecular weight is 256 g/mol. The van der Waals surface area contributed by atoms with Crippen LogP contribution in [0.3, 0.4) is 0 Å². The molecule has 2 rings (SSSR count). The summed E-state index contributed by atoms with van der Waals surface area (Å²) in [6.07, 6.45) is 1.53. The van der Waals surface area contributed by atoms with Gasteiger partial charge in [0.05, 0.1) is 18.6 Å². The van der Waals surface area contributed by atoms with Gasteiger partial charge in [-0.2, -0.15) is 0 Å². The minimum Gasteiger partial charge on any atom is -0.379 e. The summed E-state index contributed by atoms with van der Waals surface area (Å²) in [6, 6.07) is 2.97. The van der Waals surface area contributed by atoms with Crippen LogP contribution in [0.4, 0.5) is 5.69 Å². The van der Waals surface area contributed by atoms with Gasteiger partial charge in [-0.05, 0) is 19.1 Å². The molecule has 1 amide bonds. The van der Waals surface area contributed by atoms with Gasteiger partial charge in [-0.3, -0.25) is 4.79 Å². The van der Waals surface area contributed by atoms with Crippen LogP contribution in [0.1, 0.15) is 6.92 Å². The van der Waals surface area contributed by atoms with Gasteiger partial charge in [0.2, 0.25) is 5.91 Å². The molecule has 2 unspecified atom stereocenters. The molecule has 0 saturated carbocycles. The smallest absolute Gasteiger partial charge is 0.234 e. The fourth-order valence-corrected chi connectivity index (χ4v) is 1.85. The normalized spacial score (nSPS) is 28.1. The zero-order valence-electron chi connectivity index (χ0n) is 9.44. The average Bonchev–Trinajstić information content (AvgIpc) is 2.60. The highest BCUT2D eigenvalue weighted by atomic mass is 35.5. The number of anilines is 1. The van der Waals surface area contributed by atoms with Gasteiger partial charge >= 0.3 is 0 Å². The Bertz CT molecular complexity index is 440. The topological polar surface area (TPSA) is 77.2 Å². The van der Waals surface area contributed by atoms with E-state index in [-0.39, 0.29) is 11.9 Å². The number of aromatic nitrogens is 1. The molecule has 0 aromatic carbocycles. The van der Waals surface area contributed by atoms with Crippen LogP contribution in [-0.2, 0) is 9.53 Å². The summed E-state index contributed by atoms with van der Waals surface area (Å²) in [7, 11) is 0. The molecule has 1 fully saturated rings. The Labute approximate surface area is 104 Å². The van der Waals surface area contributed by atoms with Gasteiger partial charge in [-0.25, -0.2) is 4.98 Å². The standard InChI is InChI=1S/C11H14ClN3O2/c1-11(6-17-5-8(11)13)10(16)15-7-2-3-14-9(12)4-7/h2-4,8H,5-6,13H2,1H3,(H,14,15,16). The highest BCUT2D eigenvalue weighted by Gasteiger charge is 2.44. The van der Waals surface area contributed by atoms with Crippen molar-refractivity contribution in [2.24, 2.45) is 11.1 Å². The number of amides is 1. The van der Waals surface area contributed by atoms with Crippen molar-refractivity contribution >= 4 is 23.2 Å². The second kappa shape index (κ2) is 4.60. The van der Waals surface area contributed by atoms with Crippen LogP contribution >= 0.6 is 11.6 Å². The Morgan fingerprint density at radius 2 is 2.53 bits per heavy atom. The lowest BCUT2D eigenvalue weighted by molar-refractivity contribution is -0.125. The predicted molar refractivity (Wildman–Crippen MR) is 64.8 cm³/mol. The molecule has 1 saturated heterocycles. The molecule has 0 bridgehead atoms. The number of ether oxygens (including phenoxy) is 1. The van der Waals surface area contributed by atoms with Gasteiger partial charge in [0.1, 0.15) is 5.15 Å². The second-order valence-corrected chi connectivity index (χ2v) is 4.75. The summed E-state index contributed by atoms with van der Waals surface area (Å²) < 4.78 is 5.23. The van der Waals surface area contributed by atoms with E-state index in [0.29, 0.717) is 24.1 Å². The van der Waals surface area contributed by atoms with E-state index in [0.717, 1.165) is 0 Å². The fourth-order valence-electron chi connectivity index (χ4n) is 1.68. The van der Waals surface area contributed by atoms with Crippen molar-refractivity contribution in [1.29, 1.82) is 0 Å². The Balaban J connectivity index is 2.12. The quantitative estimate of drug-likeness (QED) is 0.774. The molecule has 0 radical (unpaired) electrons. The van der Waals surface area contributed by atoms with E-state index in [1.54, 1.807) is 19.1 Å². The molecule has 1 aliphatic rings. The lowest BCUT2D eigenvalue weighted by Gasteiger charge is -2.25. The third-order valence-electron chi connectivity index (χ3n) is 3.02. The lowest BCUT2D eigenvalue weighted by atomic mass is 9.85. The van der Waals surface area contributed by atoms with Crippen molar-refractivity contribution in [2.75, 3.05) is 18.5 Å². The number of halogens is 1. The SMILES string of the molecule is CC1(C(=O)Nc2ccnc(Cl)c2)COCC1N. The van der Waals surface area contributed by atoms with Crippen LogP contribution in [0.5, 0.6) is 0 Å². The fraction of sp³-hybridized carbons (Fsp3) is 0.455. The van der Waals surface area contributed by atoms with Crippen molar-refractivity contribution in [3.05, 3.63) is 23.5 Å². The maximum absolute atomic E-state index is 12.1. The number of carbonyl (C=O) groups excluding carboxylic acids is 1. The zero-order chi connectivity index (χ0) is 12.5. The van der Waals surface area contributed by atoms with Crippen molar-refractivity contribution in [3.63, 3.8) is 0 Å². The maximum Gasteiger partial charge on any atom is 0.234 e. The number of hydrogen-bond acceptors (Lipinski definition) is 4. The Morgan fingerprint density at radius 1 is 1.76 bits per heavy atom. The van der Waals surface area contributed by atoms with Gasteiger partial charge in [0.25, 0.3) is 0 Å². The van der Waals surface area contributed by atoms with E-state index >= 15 is 0 Å². The van der Waals surface area contributed by atoms with Crippen molar-refractivity contribution in [2.45, 2.75) is 13.0 Å². The lowest BCUT2D eigenvalue weighted by Crippen LogP contribution is -2.47. The first kappa shape index (κ1) is 12.3. The van der Waals surface area contributed by atoms with Gasteiger partial charge in [0.15, 0.2) is 0 Å². The van der Waals surface area contributed by atoms with E-state index in [4.69, 9.17) is 22.1 Å². The molecule has 1 aromatic heterocycles. The molecule has 1 aliphatic heterocycles. The molecule has 17 heavy (non-hydrogen) atoms. The second-order valence-electron chi connectivity index (χ2n) is 4.36. The number of rotatable bonds is 2. The molecular weight excluding hydrogens is 242 g/mol. The summed E-state index contributed by atoms with van der Waals surface area (Å²) in [4.78, 5) is 16.0. The van der Waals surface area contributed by atoms with Crippen molar-refractivity contribution < 1.29 is 9.53 Å². The monoisotopic (exact) mass is 255 g/mol. The zero-order valence-corrected chi connectivity index (χ0v) is 10.2. The third kappa shape index (κ3) is 2.41. The highest BCUT2D eigenvalue weighted by Crippen LogP contribution is 2.28. The van der Waals surface area contributed by atoms with E-state index in [1.807, 2.05) is 0 Å². The minimum absolute atomic E-state index is 0.162. The number of nitrogens with zero attached hydrogens (tertiary/aromatic N) is 1. The Kier molecular flexibility index (Phi) is 3.33. The number of nitrogens with one attached hydrogen (secondary N) is 1. The summed E-state index contributed by atoms with van der Waals surface area (Å²) in [5.41, 5.74) is 5.78. The number of nitrogens with two attached hydrogens (primary N) is 1. The minimum atomic E-state index is -0.699. The summed E-state index contributed by atoms with van der Waals surface area (Å²) in [5.74, 6) is -0.162. The molecule has 3 N–H and O–H groups in total. The molecule has 1 aromatic rings. The van der Waals surface area contributed by atoms with Crippen LogP contribution in [0, 0.1) is 5.41 Å². The first-order chi connectivity index (χ1) is 8.02. The molecule has 2 heterocycles. The van der Waals surface area contributed by atoms with Gasteiger partial charge in [-0.15, -0.1) is 0 Å². The first-order valence-electron chi connectivity index (χ1n) is 5.29. The van der Waals surface area contributed by atoms with Gasteiger partial charge < -0.3 is 15.8 Å². The molecule has 2 atom stereocenters. The van der Waals surface area contributed by atoms with Gasteiger partial charge in [0, 0.05) is 17.9 Å². The number of hydrogen-bond donors (Lipinski definition) is 2. The molecule has 0 aliphatic carbocycles. The van der Waals surface area contributed by atoms with E-state index in [9.17, 15) is 4.79 Å². The summed E-state index contributed by atoms with van der Waals surface area (Å²) in [5, 5.41) is 3.11. The molecule has 5 nitrogen and oxygen atoms in total. The number of carbonyl (C=O) groups is 1. The van der Waals surface area contributed by atoms with E-state index in [1.165, 1.54) is 6.20 Å². The summed E-state index contributed by atoms with van der Waals surface area (Å²) >= 11 is 5.74. The third-order valence-corrected chi connectivity index (χ3v) is 3.23. The van der Waals surface area contributed by atoms with Crippen LogP contribution in [-0.4, -0.2) is 30.1 Å². The molecule has 0 spiro atoms. The molecule has 6 heteroatoms. The summed E-state index contributed by atoms with van der Waals surface area (Å²) in [6.45, 7) is 2.53. The van der Waals surface area contributed by atoms with Crippen LogP contribution in [0.25, 0.3) is 0 Å². The predicted octanol–water partition coefficient (Wildman–Crippen LogP) is 1.04. The van der Waals surface area contributed by atoms with Crippen LogP contribution < -0.4 is 11.1 Å². The highest BCUT2D eigenvalue weighted by molar-refractivity contribution is 6.29. The van der Waals surface area contributed by atoms with E-state index in [2.05, 4.69) is 10.3 Å². The maximum atomic E-state index is 12.1. The van der Waals surface area contributed by atoms with Gasteiger partial charge in [-0.1, -0.05) is 11.6 Å². The number of pyridine rings is 1. The van der Waals surface area contributed by atoms with E-state index < -0.39 is 5.41 Å². The van der Waals surface area contributed by atoms with Crippen molar-refractivity contribution in [1.82, 2.24) is 4.98 Å². The molecule has 92 valence electrons. The largest absolute Gasteiger partial charge is 0.379 e.